The van der Waals surface area contributed by atoms with Crippen LogP contribution in [-0.4, -0.2) is 84.4 Å². The Labute approximate surface area is 214 Å². The van der Waals surface area contributed by atoms with Crippen LogP contribution in [0.4, 0.5) is 0 Å². The lowest BCUT2D eigenvalue weighted by Crippen LogP contribution is -2.56. The normalized spacial score (nSPS) is 29.3. The highest BCUT2D eigenvalue weighted by atomic mass is 16.2. The summed E-state index contributed by atoms with van der Waals surface area (Å²) >= 11 is 0. The molecule has 0 radical (unpaired) electrons. The molecular formula is C29H39N5O2. The number of amides is 2. The second-order valence-corrected chi connectivity index (χ2v) is 11.0. The molecule has 2 heterocycles. The molecule has 0 aromatic heterocycles. The molecule has 192 valence electrons. The molecule has 4 atom stereocenters. The zero-order valence-corrected chi connectivity index (χ0v) is 21.5. The van der Waals surface area contributed by atoms with E-state index in [9.17, 15) is 9.59 Å². The molecule has 3 fully saturated rings. The fourth-order valence-corrected chi connectivity index (χ4v) is 6.47. The van der Waals surface area contributed by atoms with Crippen LogP contribution in [-0.2, 0) is 9.59 Å². The van der Waals surface area contributed by atoms with Crippen LogP contribution in [0.5, 0.6) is 0 Å². The van der Waals surface area contributed by atoms with Gasteiger partial charge in [0.15, 0.2) is 0 Å². The van der Waals surface area contributed by atoms with Crippen molar-refractivity contribution in [3.05, 3.63) is 71.8 Å². The van der Waals surface area contributed by atoms with Gasteiger partial charge in [-0.05, 0) is 37.3 Å². The van der Waals surface area contributed by atoms with Gasteiger partial charge in [-0.3, -0.25) is 19.4 Å². The van der Waals surface area contributed by atoms with E-state index in [0.717, 1.165) is 32.7 Å². The molecular weight excluding hydrogens is 450 g/mol. The Morgan fingerprint density at radius 1 is 0.917 bits per heavy atom. The standard InChI is InChI=1S/C29H39N5O2/c1-21-18-32(19-22(2)31-21)20-25-17-29(25,27(30)35)28(36)34-15-13-33(14-16-34)26(23-9-5-3-6-10-23)24-11-7-4-8-12-24/h3-12,21-22,25-26,31H,13-20H2,1-2H3,(H2,30,35). The third-order valence-corrected chi connectivity index (χ3v) is 8.24. The molecule has 7 heteroatoms. The van der Waals surface area contributed by atoms with E-state index in [1.165, 1.54) is 11.1 Å². The minimum absolute atomic E-state index is 0.0133. The zero-order valence-electron chi connectivity index (χ0n) is 21.5. The third-order valence-electron chi connectivity index (χ3n) is 8.24. The molecule has 3 N–H and O–H groups in total. The van der Waals surface area contributed by atoms with Crippen LogP contribution in [0.15, 0.2) is 60.7 Å². The van der Waals surface area contributed by atoms with Crippen LogP contribution in [0.2, 0.25) is 0 Å². The van der Waals surface area contributed by atoms with Crippen LogP contribution < -0.4 is 11.1 Å². The second kappa shape index (κ2) is 10.3. The summed E-state index contributed by atoms with van der Waals surface area (Å²) in [6.45, 7) is 9.72. The van der Waals surface area contributed by atoms with Crippen molar-refractivity contribution in [2.45, 2.75) is 38.4 Å². The van der Waals surface area contributed by atoms with Crippen molar-refractivity contribution in [2.75, 3.05) is 45.8 Å². The Morgan fingerprint density at radius 3 is 1.94 bits per heavy atom. The molecule has 7 nitrogen and oxygen atoms in total. The zero-order chi connectivity index (χ0) is 25.3. The van der Waals surface area contributed by atoms with Gasteiger partial charge in [-0.1, -0.05) is 60.7 Å². The number of rotatable bonds is 7. The quantitative estimate of drug-likeness (QED) is 0.582. The summed E-state index contributed by atoms with van der Waals surface area (Å²) in [6, 6.07) is 22.0. The lowest BCUT2D eigenvalue weighted by atomic mass is 9.95. The van der Waals surface area contributed by atoms with Gasteiger partial charge in [0.05, 0.1) is 6.04 Å². The molecule has 2 aromatic rings. The monoisotopic (exact) mass is 489 g/mol. The minimum Gasteiger partial charge on any atom is -0.369 e. The van der Waals surface area contributed by atoms with Gasteiger partial charge < -0.3 is 16.0 Å². The maximum absolute atomic E-state index is 13.7. The van der Waals surface area contributed by atoms with Crippen LogP contribution >= 0.6 is 0 Å². The summed E-state index contributed by atoms with van der Waals surface area (Å²) in [5.41, 5.74) is 7.36. The first-order chi connectivity index (χ1) is 17.4. The molecule has 3 aliphatic rings. The summed E-state index contributed by atoms with van der Waals surface area (Å²) in [7, 11) is 0. The highest BCUT2D eigenvalue weighted by molar-refractivity contribution is 6.08. The molecule has 2 amide bonds. The Morgan fingerprint density at radius 2 is 1.44 bits per heavy atom. The topological polar surface area (TPSA) is 81.9 Å². The van der Waals surface area contributed by atoms with Gasteiger partial charge in [-0.25, -0.2) is 0 Å². The minimum atomic E-state index is -1.03. The van der Waals surface area contributed by atoms with Crippen molar-refractivity contribution in [3.8, 4) is 0 Å². The maximum Gasteiger partial charge on any atom is 0.238 e. The Bertz CT molecular complexity index is 1010. The maximum atomic E-state index is 13.7. The lowest BCUT2D eigenvalue weighted by molar-refractivity contribution is -0.145. The van der Waals surface area contributed by atoms with Gasteiger partial charge in [0, 0.05) is 57.9 Å². The van der Waals surface area contributed by atoms with Crippen molar-refractivity contribution in [1.29, 1.82) is 0 Å². The lowest BCUT2D eigenvalue weighted by Gasteiger charge is -2.41. The average molecular weight is 490 g/mol. The number of nitrogens with zero attached hydrogens (tertiary/aromatic N) is 3. The Balaban J connectivity index is 1.26. The number of carbonyl (C=O) groups is 2. The van der Waals surface area contributed by atoms with Crippen molar-refractivity contribution in [2.24, 2.45) is 17.1 Å². The van der Waals surface area contributed by atoms with Gasteiger partial charge in [-0.15, -0.1) is 0 Å². The van der Waals surface area contributed by atoms with Crippen LogP contribution in [0, 0.1) is 11.3 Å². The summed E-state index contributed by atoms with van der Waals surface area (Å²) in [6.07, 6.45) is 0.574. The third kappa shape index (κ3) is 4.92. The highest BCUT2D eigenvalue weighted by Crippen LogP contribution is 2.54. The molecule has 2 saturated heterocycles. The molecule has 36 heavy (non-hydrogen) atoms. The Kier molecular flexibility index (Phi) is 7.15. The molecule has 1 aliphatic carbocycles. The van der Waals surface area contributed by atoms with E-state index in [-0.39, 0.29) is 17.9 Å². The Hall–Kier alpha value is -2.74. The summed E-state index contributed by atoms with van der Waals surface area (Å²) in [5, 5.41) is 3.54. The van der Waals surface area contributed by atoms with E-state index >= 15 is 0 Å². The van der Waals surface area contributed by atoms with Crippen molar-refractivity contribution < 1.29 is 9.59 Å². The number of nitrogens with two attached hydrogens (primary N) is 1. The van der Waals surface area contributed by atoms with Crippen LogP contribution in [0.25, 0.3) is 0 Å². The van der Waals surface area contributed by atoms with E-state index in [1.54, 1.807) is 0 Å². The van der Waals surface area contributed by atoms with E-state index in [2.05, 4.69) is 77.5 Å². The fraction of sp³-hybridized carbons (Fsp3) is 0.517. The molecule has 5 rings (SSSR count). The largest absolute Gasteiger partial charge is 0.369 e. The highest BCUT2D eigenvalue weighted by Gasteiger charge is 2.66. The van der Waals surface area contributed by atoms with Gasteiger partial charge in [0.1, 0.15) is 5.41 Å². The molecule has 2 aromatic carbocycles. The van der Waals surface area contributed by atoms with Crippen molar-refractivity contribution in [3.63, 3.8) is 0 Å². The number of hydrogen-bond acceptors (Lipinski definition) is 5. The first-order valence-corrected chi connectivity index (χ1v) is 13.3. The number of piperazine rings is 2. The fourth-order valence-electron chi connectivity index (χ4n) is 6.47. The molecule has 0 bridgehead atoms. The summed E-state index contributed by atoms with van der Waals surface area (Å²) < 4.78 is 0. The average Bonchev–Trinajstić information content (AvgIpc) is 3.60. The molecule has 4 unspecified atom stereocenters. The van der Waals surface area contributed by atoms with Crippen molar-refractivity contribution >= 4 is 11.8 Å². The molecule has 1 saturated carbocycles. The van der Waals surface area contributed by atoms with Crippen LogP contribution in [0.1, 0.15) is 37.4 Å². The number of primary amides is 1. The second-order valence-electron chi connectivity index (χ2n) is 11.0. The van der Waals surface area contributed by atoms with Crippen LogP contribution in [0.3, 0.4) is 0 Å². The van der Waals surface area contributed by atoms with E-state index in [1.807, 2.05) is 17.0 Å². The number of hydrogen-bond donors (Lipinski definition) is 2. The van der Waals surface area contributed by atoms with Gasteiger partial charge >= 0.3 is 0 Å². The number of carbonyl (C=O) groups excluding carboxylic acids is 2. The number of benzene rings is 2. The van der Waals surface area contributed by atoms with Gasteiger partial charge in [0.2, 0.25) is 11.8 Å². The number of nitrogens with one attached hydrogen (secondary N) is 1. The predicted octanol–water partition coefficient (Wildman–Crippen LogP) is 2.09. The van der Waals surface area contributed by atoms with E-state index in [4.69, 9.17) is 5.73 Å². The van der Waals surface area contributed by atoms with Gasteiger partial charge in [0.25, 0.3) is 0 Å². The summed E-state index contributed by atoms with van der Waals surface area (Å²) in [4.78, 5) is 33.0. The predicted molar refractivity (Wildman–Crippen MR) is 141 cm³/mol. The van der Waals surface area contributed by atoms with E-state index in [0.29, 0.717) is 31.6 Å². The first-order valence-electron chi connectivity index (χ1n) is 13.3. The smallest absolute Gasteiger partial charge is 0.238 e. The molecule has 2 aliphatic heterocycles. The molecule has 0 spiro atoms. The van der Waals surface area contributed by atoms with Gasteiger partial charge in [-0.2, -0.15) is 0 Å². The van der Waals surface area contributed by atoms with E-state index < -0.39 is 11.3 Å². The SMILES string of the molecule is CC1CN(CC2CC2(C(N)=O)C(=O)N2CCN(C(c3ccccc3)c3ccccc3)CC2)CC(C)N1. The van der Waals surface area contributed by atoms with Crippen molar-refractivity contribution in [1.82, 2.24) is 20.0 Å². The summed E-state index contributed by atoms with van der Waals surface area (Å²) in [5.74, 6) is -0.506. The first kappa shape index (κ1) is 24.9.